The average Bonchev–Trinajstić information content (AvgIpc) is 2.85. The third-order valence-corrected chi connectivity index (χ3v) is 4.89. The van der Waals surface area contributed by atoms with Crippen molar-refractivity contribution in [1.82, 2.24) is 14.6 Å². The van der Waals surface area contributed by atoms with Crippen LogP contribution in [0.1, 0.15) is 18.2 Å². The van der Waals surface area contributed by atoms with E-state index in [4.69, 9.17) is 9.47 Å². The number of aryl methyl sites for hydroxylation is 1. The van der Waals surface area contributed by atoms with Crippen molar-refractivity contribution in [1.29, 1.82) is 0 Å². The molecule has 0 radical (unpaired) electrons. The second-order valence-corrected chi connectivity index (χ2v) is 7.10. The molecule has 0 fully saturated rings. The van der Waals surface area contributed by atoms with Crippen molar-refractivity contribution in [2.24, 2.45) is 0 Å². The van der Waals surface area contributed by atoms with Crippen LogP contribution < -0.4 is 25.1 Å². The van der Waals surface area contributed by atoms with Gasteiger partial charge in [0.1, 0.15) is 5.69 Å². The lowest BCUT2D eigenvalue weighted by Gasteiger charge is -2.10. The van der Waals surface area contributed by atoms with Gasteiger partial charge < -0.3 is 9.47 Å². The number of fused-ring (bicyclic) bond motifs is 1. The standard InChI is InChI=1S/C16H12BrN3O5S/c1-7-14(22)18-16-20(19-7)15(23)12(26-16)6-9-4-10(17)13(25-8(2)21)11(5-9)24-3/h4-6H,1-3H3. The predicted octanol–water partition coefficient (Wildman–Crippen LogP) is 1.06. The van der Waals surface area contributed by atoms with E-state index >= 15 is 0 Å². The van der Waals surface area contributed by atoms with Gasteiger partial charge in [-0.2, -0.15) is 14.6 Å². The van der Waals surface area contributed by atoms with E-state index in [-0.39, 0.29) is 22.0 Å². The number of nitrogens with zero attached hydrogens (tertiary/aromatic N) is 3. The number of esters is 1. The van der Waals surface area contributed by atoms with Gasteiger partial charge in [-0.3, -0.25) is 14.4 Å². The minimum atomic E-state index is -0.482. The Kier molecular flexibility index (Phi) is 4.88. The van der Waals surface area contributed by atoms with Crippen molar-refractivity contribution in [2.75, 3.05) is 7.11 Å². The first-order chi connectivity index (χ1) is 12.3. The zero-order chi connectivity index (χ0) is 19.0. The Morgan fingerprint density at radius 2 is 2.08 bits per heavy atom. The molecule has 8 nitrogen and oxygen atoms in total. The van der Waals surface area contributed by atoms with E-state index in [1.165, 1.54) is 21.0 Å². The summed E-state index contributed by atoms with van der Waals surface area (Å²) in [5, 5.41) is 3.96. The summed E-state index contributed by atoms with van der Waals surface area (Å²) in [4.78, 5) is 39.4. The summed E-state index contributed by atoms with van der Waals surface area (Å²) in [7, 11) is 1.44. The fourth-order valence-corrected chi connectivity index (χ4v) is 3.65. The molecule has 0 amide bonds. The number of halogens is 1. The maximum absolute atomic E-state index is 12.5. The minimum Gasteiger partial charge on any atom is -0.493 e. The molecule has 1 aromatic carbocycles. The highest BCUT2D eigenvalue weighted by Gasteiger charge is 2.14. The Balaban J connectivity index is 2.19. The number of rotatable bonds is 3. The highest BCUT2D eigenvalue weighted by atomic mass is 79.9. The van der Waals surface area contributed by atoms with Gasteiger partial charge in [-0.05, 0) is 46.6 Å². The second kappa shape index (κ2) is 6.96. The number of benzene rings is 1. The number of carbonyl (C=O) groups is 1. The first-order valence-electron chi connectivity index (χ1n) is 7.28. The van der Waals surface area contributed by atoms with Gasteiger partial charge in [0.2, 0.25) is 4.96 Å². The Labute approximate surface area is 158 Å². The molecule has 3 rings (SSSR count). The van der Waals surface area contributed by atoms with E-state index in [9.17, 15) is 14.4 Å². The molecule has 0 bridgehead atoms. The lowest BCUT2D eigenvalue weighted by molar-refractivity contribution is -0.132. The molecule has 0 aliphatic carbocycles. The zero-order valence-electron chi connectivity index (χ0n) is 13.9. The molecule has 0 unspecified atom stereocenters. The number of ether oxygens (including phenoxy) is 2. The van der Waals surface area contributed by atoms with E-state index in [0.717, 1.165) is 15.9 Å². The average molecular weight is 438 g/mol. The predicted molar refractivity (Wildman–Crippen MR) is 98.9 cm³/mol. The molecule has 0 saturated heterocycles. The molecule has 10 heteroatoms. The summed E-state index contributed by atoms with van der Waals surface area (Å²) >= 11 is 4.39. The summed E-state index contributed by atoms with van der Waals surface area (Å²) in [6.45, 7) is 2.79. The smallest absolute Gasteiger partial charge is 0.308 e. The van der Waals surface area contributed by atoms with E-state index in [2.05, 4.69) is 26.0 Å². The Morgan fingerprint density at radius 1 is 1.35 bits per heavy atom. The maximum atomic E-state index is 12.5. The van der Waals surface area contributed by atoms with Crippen LogP contribution in [0.3, 0.4) is 0 Å². The van der Waals surface area contributed by atoms with Crippen LogP contribution in [-0.4, -0.2) is 27.7 Å². The van der Waals surface area contributed by atoms with Gasteiger partial charge in [-0.25, -0.2) is 0 Å². The van der Waals surface area contributed by atoms with Gasteiger partial charge in [-0.1, -0.05) is 11.3 Å². The topological polar surface area (TPSA) is 99.9 Å². The molecular formula is C16H12BrN3O5S. The van der Waals surface area contributed by atoms with Crippen molar-refractivity contribution >= 4 is 44.3 Å². The molecule has 0 aliphatic heterocycles. The van der Waals surface area contributed by atoms with Gasteiger partial charge in [0.25, 0.3) is 11.1 Å². The van der Waals surface area contributed by atoms with Gasteiger partial charge >= 0.3 is 5.97 Å². The first kappa shape index (κ1) is 18.2. The van der Waals surface area contributed by atoms with Crippen molar-refractivity contribution in [3.63, 3.8) is 0 Å². The quantitative estimate of drug-likeness (QED) is 0.446. The molecule has 26 heavy (non-hydrogen) atoms. The van der Waals surface area contributed by atoms with Gasteiger partial charge in [0.15, 0.2) is 11.5 Å². The van der Waals surface area contributed by atoms with Crippen LogP contribution in [0, 0.1) is 6.92 Å². The van der Waals surface area contributed by atoms with Crippen LogP contribution in [0.15, 0.2) is 26.2 Å². The largest absolute Gasteiger partial charge is 0.493 e. The molecular weight excluding hydrogens is 426 g/mol. The zero-order valence-corrected chi connectivity index (χ0v) is 16.3. The summed E-state index contributed by atoms with van der Waals surface area (Å²) in [6.07, 6.45) is 1.62. The summed E-state index contributed by atoms with van der Waals surface area (Å²) in [5.41, 5.74) is -0.0558. The minimum absolute atomic E-state index is 0.152. The van der Waals surface area contributed by atoms with E-state index in [0.29, 0.717) is 20.3 Å². The molecule has 0 atom stereocenters. The maximum Gasteiger partial charge on any atom is 0.308 e. The third kappa shape index (κ3) is 3.37. The van der Waals surface area contributed by atoms with Crippen LogP contribution in [0.25, 0.3) is 11.0 Å². The fourth-order valence-electron chi connectivity index (χ4n) is 2.20. The molecule has 0 saturated carbocycles. The summed E-state index contributed by atoms with van der Waals surface area (Å²) in [6, 6.07) is 3.31. The van der Waals surface area contributed by atoms with Crippen LogP contribution in [0.2, 0.25) is 0 Å². The normalized spacial score (nSPS) is 11.8. The molecule has 0 N–H and O–H groups in total. The Bertz CT molecular complexity index is 1200. The van der Waals surface area contributed by atoms with Gasteiger partial charge in [-0.15, -0.1) is 0 Å². The summed E-state index contributed by atoms with van der Waals surface area (Å²) < 4.78 is 12.3. The monoisotopic (exact) mass is 437 g/mol. The van der Waals surface area contributed by atoms with E-state index in [1.54, 1.807) is 18.2 Å². The Morgan fingerprint density at radius 3 is 2.73 bits per heavy atom. The fraction of sp³-hybridized carbons (Fsp3) is 0.188. The van der Waals surface area contributed by atoms with Crippen molar-refractivity contribution in [3.8, 4) is 11.5 Å². The third-order valence-electron chi connectivity index (χ3n) is 3.34. The van der Waals surface area contributed by atoms with Crippen molar-refractivity contribution < 1.29 is 14.3 Å². The Hall–Kier alpha value is -2.59. The van der Waals surface area contributed by atoms with Gasteiger partial charge in [0, 0.05) is 6.92 Å². The number of hydrogen-bond donors (Lipinski definition) is 0. The van der Waals surface area contributed by atoms with Crippen LogP contribution in [0.5, 0.6) is 11.5 Å². The van der Waals surface area contributed by atoms with E-state index in [1.807, 2.05) is 0 Å². The highest BCUT2D eigenvalue weighted by Crippen LogP contribution is 2.37. The van der Waals surface area contributed by atoms with Crippen LogP contribution >= 0.6 is 27.3 Å². The lowest BCUT2D eigenvalue weighted by Crippen LogP contribution is -2.27. The molecule has 0 spiro atoms. The van der Waals surface area contributed by atoms with Gasteiger partial charge in [0.05, 0.1) is 16.1 Å². The molecule has 2 aromatic heterocycles. The van der Waals surface area contributed by atoms with Crippen LogP contribution in [-0.2, 0) is 4.79 Å². The number of hydrogen-bond acceptors (Lipinski definition) is 8. The molecule has 0 aliphatic rings. The summed E-state index contributed by atoms with van der Waals surface area (Å²) in [5.74, 6) is 0.0977. The number of methoxy groups -OCH3 is 1. The molecule has 2 heterocycles. The lowest BCUT2D eigenvalue weighted by atomic mass is 10.2. The first-order valence-corrected chi connectivity index (χ1v) is 8.89. The molecule has 134 valence electrons. The molecule has 3 aromatic rings. The van der Waals surface area contributed by atoms with Crippen molar-refractivity contribution in [3.05, 3.63) is 53.1 Å². The number of thiazole rings is 1. The number of carbonyl (C=O) groups excluding carboxylic acids is 1. The van der Waals surface area contributed by atoms with Crippen molar-refractivity contribution in [2.45, 2.75) is 13.8 Å². The second-order valence-electron chi connectivity index (χ2n) is 5.24. The van der Waals surface area contributed by atoms with E-state index < -0.39 is 11.5 Å². The number of aromatic nitrogens is 3. The highest BCUT2D eigenvalue weighted by molar-refractivity contribution is 9.10. The SMILES string of the molecule is COc1cc(C=c2sc3nc(=O)c(C)nn3c2=O)cc(Br)c1OC(C)=O. The van der Waals surface area contributed by atoms with Crippen LogP contribution in [0.4, 0.5) is 0 Å².